The molecular formula is C19H14N4O2S. The van der Waals surface area contributed by atoms with Gasteiger partial charge in [0.15, 0.2) is 0 Å². The summed E-state index contributed by atoms with van der Waals surface area (Å²) in [5.41, 5.74) is 2.75. The minimum Gasteiger partial charge on any atom is -0.322 e. The van der Waals surface area contributed by atoms with Gasteiger partial charge in [0.2, 0.25) is 0 Å². The summed E-state index contributed by atoms with van der Waals surface area (Å²) in [5.74, 6) is -0.380. The minimum absolute atomic E-state index is 0.161. The third-order valence-electron chi connectivity index (χ3n) is 3.85. The SMILES string of the molecule is O=C(Nc1ccc2[nH]ncc2c1)c1ccc(NC(=O)c2cccs2)cc1. The lowest BCUT2D eigenvalue weighted by Crippen LogP contribution is -2.13. The zero-order chi connectivity index (χ0) is 17.9. The van der Waals surface area contributed by atoms with Crippen molar-refractivity contribution in [2.24, 2.45) is 0 Å². The molecule has 0 aliphatic carbocycles. The lowest BCUT2D eigenvalue weighted by atomic mass is 10.1. The molecule has 6 nitrogen and oxygen atoms in total. The highest BCUT2D eigenvalue weighted by molar-refractivity contribution is 7.12. The first kappa shape index (κ1) is 16.0. The summed E-state index contributed by atoms with van der Waals surface area (Å²) in [6.45, 7) is 0. The van der Waals surface area contributed by atoms with Gasteiger partial charge in [0.05, 0.1) is 16.6 Å². The largest absolute Gasteiger partial charge is 0.322 e. The van der Waals surface area contributed by atoms with Gasteiger partial charge in [0.1, 0.15) is 0 Å². The van der Waals surface area contributed by atoms with Crippen LogP contribution >= 0.6 is 11.3 Å². The van der Waals surface area contributed by atoms with Crippen LogP contribution in [0.15, 0.2) is 66.2 Å². The summed E-state index contributed by atoms with van der Waals surface area (Å²) >= 11 is 1.38. The van der Waals surface area contributed by atoms with Crippen LogP contribution in [-0.2, 0) is 0 Å². The fourth-order valence-electron chi connectivity index (χ4n) is 2.53. The molecule has 4 rings (SSSR count). The van der Waals surface area contributed by atoms with Crippen molar-refractivity contribution in [2.45, 2.75) is 0 Å². The van der Waals surface area contributed by atoms with Gasteiger partial charge in [0.25, 0.3) is 11.8 Å². The number of aromatic nitrogens is 2. The smallest absolute Gasteiger partial charge is 0.265 e. The highest BCUT2D eigenvalue weighted by Gasteiger charge is 2.09. The van der Waals surface area contributed by atoms with Gasteiger partial charge >= 0.3 is 0 Å². The van der Waals surface area contributed by atoms with Crippen LogP contribution in [0.4, 0.5) is 11.4 Å². The van der Waals surface area contributed by atoms with Crippen LogP contribution in [0, 0.1) is 0 Å². The van der Waals surface area contributed by atoms with E-state index in [1.807, 2.05) is 29.6 Å². The number of anilines is 2. The van der Waals surface area contributed by atoms with Crippen molar-refractivity contribution in [1.82, 2.24) is 10.2 Å². The van der Waals surface area contributed by atoms with Gasteiger partial charge in [-0.3, -0.25) is 14.7 Å². The molecule has 0 unspecified atom stereocenters. The molecule has 0 saturated carbocycles. The van der Waals surface area contributed by atoms with E-state index < -0.39 is 0 Å². The van der Waals surface area contributed by atoms with Crippen molar-refractivity contribution in [1.29, 1.82) is 0 Å². The second kappa shape index (κ2) is 6.81. The molecule has 2 aromatic carbocycles. The molecular weight excluding hydrogens is 348 g/mol. The van der Waals surface area contributed by atoms with Crippen LogP contribution < -0.4 is 10.6 Å². The lowest BCUT2D eigenvalue weighted by molar-refractivity contribution is 0.102. The Hall–Kier alpha value is -3.45. The average molecular weight is 362 g/mol. The number of nitrogens with one attached hydrogen (secondary N) is 3. The van der Waals surface area contributed by atoms with Gasteiger partial charge in [-0.2, -0.15) is 5.10 Å². The number of rotatable bonds is 4. The third-order valence-corrected chi connectivity index (χ3v) is 4.72. The van der Waals surface area contributed by atoms with E-state index in [1.54, 1.807) is 36.5 Å². The number of hydrogen-bond donors (Lipinski definition) is 3. The van der Waals surface area contributed by atoms with Crippen molar-refractivity contribution in [3.8, 4) is 0 Å². The molecule has 7 heteroatoms. The van der Waals surface area contributed by atoms with E-state index in [2.05, 4.69) is 20.8 Å². The van der Waals surface area contributed by atoms with E-state index in [0.29, 0.717) is 21.8 Å². The Balaban J connectivity index is 1.44. The number of fused-ring (bicyclic) bond motifs is 1. The predicted octanol–water partition coefficient (Wildman–Crippen LogP) is 4.13. The summed E-state index contributed by atoms with van der Waals surface area (Å²) in [5, 5.41) is 15.3. The molecule has 128 valence electrons. The molecule has 3 N–H and O–H groups in total. The summed E-state index contributed by atoms with van der Waals surface area (Å²) < 4.78 is 0. The second-order valence-electron chi connectivity index (χ2n) is 5.63. The summed E-state index contributed by atoms with van der Waals surface area (Å²) in [6.07, 6.45) is 1.70. The lowest BCUT2D eigenvalue weighted by Gasteiger charge is -2.07. The number of carbonyl (C=O) groups is 2. The summed E-state index contributed by atoms with van der Waals surface area (Å²) in [7, 11) is 0. The third kappa shape index (κ3) is 3.33. The Kier molecular flexibility index (Phi) is 4.20. The first-order chi connectivity index (χ1) is 12.7. The van der Waals surface area contributed by atoms with Crippen LogP contribution in [-0.4, -0.2) is 22.0 Å². The number of thiophene rings is 1. The first-order valence-corrected chi connectivity index (χ1v) is 8.76. The van der Waals surface area contributed by atoms with E-state index in [4.69, 9.17) is 0 Å². The predicted molar refractivity (Wildman–Crippen MR) is 103 cm³/mol. The standard InChI is InChI=1S/C19H14N4O2S/c24-18(22-15-7-8-16-13(10-15)11-20-23-16)12-3-5-14(6-4-12)21-19(25)17-2-1-9-26-17/h1-11H,(H,20,23)(H,21,25)(H,22,24). The Morgan fingerprint density at radius 1 is 0.923 bits per heavy atom. The fraction of sp³-hybridized carbons (Fsp3) is 0. The van der Waals surface area contributed by atoms with E-state index in [1.165, 1.54) is 11.3 Å². The highest BCUT2D eigenvalue weighted by atomic mass is 32.1. The number of nitrogens with zero attached hydrogens (tertiary/aromatic N) is 1. The van der Waals surface area contributed by atoms with E-state index >= 15 is 0 Å². The summed E-state index contributed by atoms with van der Waals surface area (Å²) in [6, 6.07) is 15.9. The van der Waals surface area contributed by atoms with Crippen molar-refractivity contribution >= 4 is 45.4 Å². The zero-order valence-corrected chi connectivity index (χ0v) is 14.3. The molecule has 0 saturated heterocycles. The molecule has 0 aliphatic rings. The van der Waals surface area contributed by atoms with Gasteiger partial charge in [-0.15, -0.1) is 11.3 Å². The minimum atomic E-state index is -0.219. The molecule has 0 fully saturated rings. The quantitative estimate of drug-likeness (QED) is 0.510. The van der Waals surface area contributed by atoms with Crippen LogP contribution in [0.3, 0.4) is 0 Å². The molecule has 26 heavy (non-hydrogen) atoms. The maximum Gasteiger partial charge on any atom is 0.265 e. The normalized spacial score (nSPS) is 10.6. The molecule has 0 radical (unpaired) electrons. The van der Waals surface area contributed by atoms with Crippen molar-refractivity contribution in [3.05, 3.63) is 76.6 Å². The Labute approximate surface area is 152 Å². The first-order valence-electron chi connectivity index (χ1n) is 7.88. The van der Waals surface area contributed by atoms with Gasteiger partial charge in [-0.05, 0) is 53.9 Å². The van der Waals surface area contributed by atoms with Crippen LogP contribution in [0.5, 0.6) is 0 Å². The molecule has 0 aliphatic heterocycles. The van der Waals surface area contributed by atoms with Crippen LogP contribution in [0.1, 0.15) is 20.0 Å². The average Bonchev–Trinajstić information content (AvgIpc) is 3.33. The fourth-order valence-corrected chi connectivity index (χ4v) is 3.15. The summed E-state index contributed by atoms with van der Waals surface area (Å²) in [4.78, 5) is 25.1. The molecule has 0 atom stereocenters. The van der Waals surface area contributed by atoms with Crippen molar-refractivity contribution in [2.75, 3.05) is 10.6 Å². The molecule has 0 bridgehead atoms. The molecule has 4 aromatic rings. The molecule has 2 amide bonds. The van der Waals surface area contributed by atoms with Gasteiger partial charge in [0, 0.05) is 22.3 Å². The van der Waals surface area contributed by atoms with Crippen LogP contribution in [0.25, 0.3) is 10.9 Å². The Bertz CT molecular complexity index is 1070. The molecule has 0 spiro atoms. The maximum atomic E-state index is 12.4. The maximum absolute atomic E-state index is 12.4. The topological polar surface area (TPSA) is 86.9 Å². The number of carbonyl (C=O) groups excluding carboxylic acids is 2. The van der Waals surface area contributed by atoms with Gasteiger partial charge in [-0.25, -0.2) is 0 Å². The number of amides is 2. The highest BCUT2D eigenvalue weighted by Crippen LogP contribution is 2.18. The van der Waals surface area contributed by atoms with Crippen LogP contribution in [0.2, 0.25) is 0 Å². The zero-order valence-electron chi connectivity index (χ0n) is 13.5. The number of benzene rings is 2. The number of hydrogen-bond acceptors (Lipinski definition) is 4. The van der Waals surface area contributed by atoms with E-state index in [0.717, 1.165) is 10.9 Å². The van der Waals surface area contributed by atoms with Gasteiger partial charge in [-0.1, -0.05) is 6.07 Å². The van der Waals surface area contributed by atoms with E-state index in [9.17, 15) is 9.59 Å². The van der Waals surface area contributed by atoms with Crippen molar-refractivity contribution < 1.29 is 9.59 Å². The number of aromatic amines is 1. The van der Waals surface area contributed by atoms with Gasteiger partial charge < -0.3 is 10.6 Å². The molecule has 2 heterocycles. The monoisotopic (exact) mass is 362 g/mol. The van der Waals surface area contributed by atoms with Crippen molar-refractivity contribution in [3.63, 3.8) is 0 Å². The Morgan fingerprint density at radius 2 is 1.69 bits per heavy atom. The Morgan fingerprint density at radius 3 is 2.46 bits per heavy atom. The molecule has 2 aromatic heterocycles. The number of H-pyrrole nitrogens is 1. The van der Waals surface area contributed by atoms with E-state index in [-0.39, 0.29) is 11.8 Å². The second-order valence-corrected chi connectivity index (χ2v) is 6.58.